The SMILES string of the molecule is CNc1nccnc1[C@@H]1CN(C(=O)c2cnc[nH]2)CCO1. The molecular weight excluding hydrogens is 272 g/mol. The molecule has 2 N–H and O–H groups in total. The average molecular weight is 288 g/mol. The Morgan fingerprint density at radius 2 is 2.33 bits per heavy atom. The third-order valence-corrected chi connectivity index (χ3v) is 3.35. The molecule has 0 spiro atoms. The molecule has 2 aromatic heterocycles. The van der Waals surface area contributed by atoms with Crippen molar-refractivity contribution in [3.63, 3.8) is 0 Å². The summed E-state index contributed by atoms with van der Waals surface area (Å²) in [5.41, 5.74) is 1.19. The lowest BCUT2D eigenvalue weighted by molar-refractivity contribution is -0.0247. The number of ether oxygens (including phenoxy) is 1. The maximum absolute atomic E-state index is 12.3. The molecular formula is C13H16N6O2. The predicted molar refractivity (Wildman–Crippen MR) is 74.8 cm³/mol. The zero-order valence-corrected chi connectivity index (χ0v) is 11.6. The molecule has 8 heteroatoms. The van der Waals surface area contributed by atoms with Gasteiger partial charge in [-0.25, -0.2) is 9.97 Å². The van der Waals surface area contributed by atoms with Gasteiger partial charge < -0.3 is 19.9 Å². The molecule has 0 aliphatic carbocycles. The standard InChI is InChI=1S/C13H16N6O2/c1-14-12-11(16-2-3-17-12)10-7-19(4-5-21-10)13(20)9-6-15-8-18-9/h2-3,6,8,10H,4-5,7H2,1H3,(H,14,17)(H,15,18)/t10-/m0/s1. The summed E-state index contributed by atoms with van der Waals surface area (Å²) < 4.78 is 5.74. The quantitative estimate of drug-likeness (QED) is 0.851. The second kappa shape index (κ2) is 5.88. The molecule has 3 heterocycles. The number of imidazole rings is 1. The van der Waals surface area contributed by atoms with Gasteiger partial charge in [-0.15, -0.1) is 0 Å². The van der Waals surface area contributed by atoms with Gasteiger partial charge in [0.15, 0.2) is 0 Å². The van der Waals surface area contributed by atoms with Gasteiger partial charge >= 0.3 is 0 Å². The summed E-state index contributed by atoms with van der Waals surface area (Å²) in [5, 5.41) is 2.99. The normalized spacial score (nSPS) is 18.5. The molecule has 0 bridgehead atoms. The number of aromatic nitrogens is 4. The van der Waals surface area contributed by atoms with E-state index in [0.717, 1.165) is 0 Å². The van der Waals surface area contributed by atoms with E-state index < -0.39 is 0 Å². The van der Waals surface area contributed by atoms with Crippen LogP contribution in [0.4, 0.5) is 5.82 Å². The number of aromatic amines is 1. The Morgan fingerprint density at radius 3 is 3.10 bits per heavy atom. The summed E-state index contributed by atoms with van der Waals surface area (Å²) in [6, 6.07) is 0. The zero-order valence-electron chi connectivity index (χ0n) is 11.6. The molecule has 8 nitrogen and oxygen atoms in total. The average Bonchev–Trinajstić information content (AvgIpc) is 3.08. The Kier molecular flexibility index (Phi) is 3.78. The van der Waals surface area contributed by atoms with Crippen LogP contribution in [0.5, 0.6) is 0 Å². The van der Waals surface area contributed by atoms with Gasteiger partial charge in [0.2, 0.25) is 0 Å². The summed E-state index contributed by atoms with van der Waals surface area (Å²) >= 11 is 0. The number of nitrogens with one attached hydrogen (secondary N) is 2. The number of morpholine rings is 1. The molecule has 1 aliphatic rings. The Hall–Kier alpha value is -2.48. The van der Waals surface area contributed by atoms with Gasteiger partial charge in [-0.2, -0.15) is 0 Å². The molecule has 1 fully saturated rings. The number of carbonyl (C=O) groups is 1. The maximum Gasteiger partial charge on any atom is 0.272 e. The largest absolute Gasteiger partial charge is 0.372 e. The van der Waals surface area contributed by atoms with Crippen LogP contribution in [0.2, 0.25) is 0 Å². The number of amides is 1. The van der Waals surface area contributed by atoms with Gasteiger partial charge in [0.05, 0.1) is 25.7 Å². The molecule has 3 rings (SSSR count). The molecule has 0 saturated carbocycles. The number of hydrogen-bond acceptors (Lipinski definition) is 6. The Labute approximate surface area is 121 Å². The van der Waals surface area contributed by atoms with E-state index in [0.29, 0.717) is 36.9 Å². The first-order valence-corrected chi connectivity index (χ1v) is 6.67. The first-order chi connectivity index (χ1) is 10.3. The van der Waals surface area contributed by atoms with Crippen molar-refractivity contribution in [2.24, 2.45) is 0 Å². The number of anilines is 1. The number of H-pyrrole nitrogens is 1. The maximum atomic E-state index is 12.3. The number of nitrogens with zero attached hydrogens (tertiary/aromatic N) is 4. The highest BCUT2D eigenvalue weighted by Gasteiger charge is 2.29. The number of carbonyl (C=O) groups excluding carboxylic acids is 1. The second-order valence-electron chi connectivity index (χ2n) is 4.62. The van der Waals surface area contributed by atoms with Crippen molar-refractivity contribution >= 4 is 11.7 Å². The van der Waals surface area contributed by atoms with Crippen LogP contribution >= 0.6 is 0 Å². The summed E-state index contributed by atoms with van der Waals surface area (Å²) in [4.78, 5) is 29.3. The Morgan fingerprint density at radius 1 is 1.48 bits per heavy atom. The minimum Gasteiger partial charge on any atom is -0.372 e. The molecule has 2 aromatic rings. The van der Waals surface area contributed by atoms with E-state index >= 15 is 0 Å². The summed E-state index contributed by atoms with van der Waals surface area (Å²) in [6.45, 7) is 1.44. The molecule has 110 valence electrons. The van der Waals surface area contributed by atoms with E-state index in [-0.39, 0.29) is 12.0 Å². The topological polar surface area (TPSA) is 96.0 Å². The van der Waals surface area contributed by atoms with E-state index in [1.807, 2.05) is 0 Å². The third kappa shape index (κ3) is 2.70. The summed E-state index contributed by atoms with van der Waals surface area (Å²) in [7, 11) is 1.78. The van der Waals surface area contributed by atoms with Crippen LogP contribution in [0.3, 0.4) is 0 Å². The van der Waals surface area contributed by atoms with E-state index in [4.69, 9.17) is 4.74 Å². The molecule has 0 unspecified atom stereocenters. The van der Waals surface area contributed by atoms with Gasteiger partial charge in [-0.1, -0.05) is 0 Å². The van der Waals surface area contributed by atoms with Gasteiger partial charge in [-0.05, 0) is 0 Å². The van der Waals surface area contributed by atoms with Crippen LogP contribution in [-0.2, 0) is 4.74 Å². The van der Waals surface area contributed by atoms with Crippen LogP contribution in [0.25, 0.3) is 0 Å². The van der Waals surface area contributed by atoms with E-state index in [2.05, 4.69) is 25.3 Å². The van der Waals surface area contributed by atoms with E-state index in [1.54, 1.807) is 24.3 Å². The van der Waals surface area contributed by atoms with Crippen LogP contribution in [0.15, 0.2) is 24.9 Å². The van der Waals surface area contributed by atoms with Crippen molar-refractivity contribution in [1.29, 1.82) is 0 Å². The second-order valence-corrected chi connectivity index (χ2v) is 4.62. The smallest absolute Gasteiger partial charge is 0.272 e. The van der Waals surface area contributed by atoms with Gasteiger partial charge in [0.1, 0.15) is 23.3 Å². The van der Waals surface area contributed by atoms with Gasteiger partial charge in [0.25, 0.3) is 5.91 Å². The fourth-order valence-corrected chi connectivity index (χ4v) is 2.32. The first-order valence-electron chi connectivity index (χ1n) is 6.67. The molecule has 1 atom stereocenters. The third-order valence-electron chi connectivity index (χ3n) is 3.35. The molecule has 1 saturated heterocycles. The molecule has 1 aliphatic heterocycles. The van der Waals surface area contributed by atoms with Crippen molar-refractivity contribution in [3.05, 3.63) is 36.3 Å². The van der Waals surface area contributed by atoms with Gasteiger partial charge in [-0.3, -0.25) is 9.78 Å². The fourth-order valence-electron chi connectivity index (χ4n) is 2.32. The minimum absolute atomic E-state index is 0.0873. The number of hydrogen-bond donors (Lipinski definition) is 2. The molecule has 21 heavy (non-hydrogen) atoms. The highest BCUT2D eigenvalue weighted by Crippen LogP contribution is 2.25. The van der Waals surface area contributed by atoms with Crippen LogP contribution in [0.1, 0.15) is 22.3 Å². The molecule has 0 radical (unpaired) electrons. The summed E-state index contributed by atoms with van der Waals surface area (Å²) in [6.07, 6.45) is 5.96. The van der Waals surface area contributed by atoms with Crippen molar-refractivity contribution in [3.8, 4) is 0 Å². The van der Waals surface area contributed by atoms with Crippen molar-refractivity contribution < 1.29 is 9.53 Å². The highest BCUT2D eigenvalue weighted by atomic mass is 16.5. The Bertz CT molecular complexity index is 615. The summed E-state index contributed by atoms with van der Waals surface area (Å²) in [5.74, 6) is 0.578. The van der Waals surface area contributed by atoms with Crippen molar-refractivity contribution in [2.75, 3.05) is 32.1 Å². The molecule has 0 aromatic carbocycles. The Balaban J connectivity index is 1.78. The first kappa shape index (κ1) is 13.5. The highest BCUT2D eigenvalue weighted by molar-refractivity contribution is 5.92. The van der Waals surface area contributed by atoms with Crippen LogP contribution < -0.4 is 5.32 Å². The zero-order chi connectivity index (χ0) is 14.7. The number of rotatable bonds is 3. The lowest BCUT2D eigenvalue weighted by atomic mass is 10.2. The lowest BCUT2D eigenvalue weighted by Gasteiger charge is -2.32. The monoisotopic (exact) mass is 288 g/mol. The van der Waals surface area contributed by atoms with Crippen LogP contribution in [-0.4, -0.2) is 57.5 Å². The molecule has 1 amide bonds. The van der Waals surface area contributed by atoms with Crippen molar-refractivity contribution in [2.45, 2.75) is 6.10 Å². The van der Waals surface area contributed by atoms with Gasteiger partial charge in [0, 0.05) is 26.0 Å². The predicted octanol–water partition coefficient (Wildman–Crippen LogP) is 0.455. The van der Waals surface area contributed by atoms with Crippen LogP contribution in [0, 0.1) is 0 Å². The van der Waals surface area contributed by atoms with Crippen molar-refractivity contribution in [1.82, 2.24) is 24.8 Å². The minimum atomic E-state index is -0.290. The lowest BCUT2D eigenvalue weighted by Crippen LogP contribution is -2.42. The fraction of sp³-hybridized carbons (Fsp3) is 0.385. The van der Waals surface area contributed by atoms with E-state index in [1.165, 1.54) is 12.5 Å². The van der Waals surface area contributed by atoms with E-state index in [9.17, 15) is 4.79 Å².